The predicted octanol–water partition coefficient (Wildman–Crippen LogP) is 4.35. The van der Waals surface area contributed by atoms with Gasteiger partial charge in [0.15, 0.2) is 11.4 Å². The Hall–Kier alpha value is -1.06. The van der Waals surface area contributed by atoms with Gasteiger partial charge in [0.1, 0.15) is 5.76 Å². The molecule has 0 radical (unpaired) electrons. The van der Waals surface area contributed by atoms with Crippen LogP contribution in [0.25, 0.3) is 11.0 Å². The van der Waals surface area contributed by atoms with Gasteiger partial charge in [-0.2, -0.15) is 0 Å². The Kier molecular flexibility index (Phi) is 2.61. The summed E-state index contributed by atoms with van der Waals surface area (Å²) < 4.78 is 19.8. The van der Waals surface area contributed by atoms with Gasteiger partial charge in [-0.05, 0) is 43.7 Å². The van der Waals surface area contributed by atoms with Crippen molar-refractivity contribution in [3.63, 3.8) is 0 Å². The Morgan fingerprint density at radius 3 is 2.74 bits per heavy atom. The van der Waals surface area contributed by atoms with Gasteiger partial charge in [0.2, 0.25) is 0 Å². The smallest absolute Gasteiger partial charge is 0.184 e. The topological polar surface area (TPSA) is 25.2 Å². The van der Waals surface area contributed by atoms with Crippen LogP contribution in [0.3, 0.4) is 0 Å². The predicted molar refractivity (Wildman–Crippen MR) is 73.0 cm³/mol. The quantitative estimate of drug-likeness (QED) is 0.900. The lowest BCUT2D eigenvalue weighted by atomic mass is 10.1. The molecule has 4 heteroatoms. The fourth-order valence-electron chi connectivity index (χ4n) is 2.65. The second-order valence-corrected chi connectivity index (χ2v) is 6.01. The number of nitrogens with one attached hydrogen (secondary N) is 1. The minimum absolute atomic E-state index is 0.130. The zero-order chi connectivity index (χ0) is 13.0. The SMILES string of the molecule is Fc1c(Cl)ccc2c(C3CC3)c(CNC3CC3)oc12. The van der Waals surface area contributed by atoms with Gasteiger partial charge in [-0.1, -0.05) is 11.6 Å². The number of halogens is 2. The number of furan rings is 1. The van der Waals surface area contributed by atoms with E-state index in [4.69, 9.17) is 16.0 Å². The fourth-order valence-corrected chi connectivity index (χ4v) is 2.80. The van der Waals surface area contributed by atoms with Crippen molar-refractivity contribution in [3.8, 4) is 0 Å². The largest absolute Gasteiger partial charge is 0.456 e. The van der Waals surface area contributed by atoms with E-state index in [-0.39, 0.29) is 5.02 Å². The summed E-state index contributed by atoms with van der Waals surface area (Å²) in [4.78, 5) is 0. The summed E-state index contributed by atoms with van der Waals surface area (Å²) in [5, 5.41) is 4.47. The maximum Gasteiger partial charge on any atom is 0.184 e. The van der Waals surface area contributed by atoms with Crippen LogP contribution in [-0.4, -0.2) is 6.04 Å². The first-order chi connectivity index (χ1) is 9.24. The lowest BCUT2D eigenvalue weighted by Gasteiger charge is -2.02. The van der Waals surface area contributed by atoms with Gasteiger partial charge in [0.25, 0.3) is 0 Å². The molecule has 2 nitrogen and oxygen atoms in total. The fraction of sp³-hybridized carbons (Fsp3) is 0.467. The second kappa shape index (κ2) is 4.22. The highest BCUT2D eigenvalue weighted by molar-refractivity contribution is 6.31. The standard InChI is InChI=1S/C15H15ClFNO/c16-11-6-5-10-13(8-1-2-8)12(7-18-9-3-4-9)19-15(10)14(11)17/h5-6,8-9,18H,1-4,7H2. The Morgan fingerprint density at radius 1 is 1.26 bits per heavy atom. The third-order valence-electron chi connectivity index (χ3n) is 3.98. The van der Waals surface area contributed by atoms with Crippen molar-refractivity contribution in [2.24, 2.45) is 0 Å². The van der Waals surface area contributed by atoms with Gasteiger partial charge in [0.05, 0.1) is 11.6 Å². The molecule has 1 heterocycles. The number of fused-ring (bicyclic) bond motifs is 1. The van der Waals surface area contributed by atoms with Crippen LogP contribution in [-0.2, 0) is 6.54 Å². The Balaban J connectivity index is 1.80. The minimum atomic E-state index is -0.432. The van der Waals surface area contributed by atoms with E-state index in [1.54, 1.807) is 6.07 Å². The number of hydrogen-bond acceptors (Lipinski definition) is 2. The van der Waals surface area contributed by atoms with E-state index in [2.05, 4.69) is 5.32 Å². The summed E-state index contributed by atoms with van der Waals surface area (Å²) in [6.45, 7) is 0.697. The van der Waals surface area contributed by atoms with E-state index in [0.717, 1.165) is 11.1 Å². The molecule has 2 fully saturated rings. The zero-order valence-corrected chi connectivity index (χ0v) is 11.3. The molecule has 0 atom stereocenters. The number of hydrogen-bond donors (Lipinski definition) is 1. The number of rotatable bonds is 4. The summed E-state index contributed by atoms with van der Waals surface area (Å²) in [6.07, 6.45) is 4.82. The van der Waals surface area contributed by atoms with Crippen molar-refractivity contribution in [2.45, 2.75) is 44.2 Å². The molecule has 2 aromatic rings. The molecule has 19 heavy (non-hydrogen) atoms. The van der Waals surface area contributed by atoms with Crippen LogP contribution in [0, 0.1) is 5.82 Å². The molecule has 0 aliphatic heterocycles. The molecule has 0 unspecified atom stereocenters. The summed E-state index contributed by atoms with van der Waals surface area (Å²) >= 11 is 5.83. The Morgan fingerprint density at radius 2 is 2.05 bits per heavy atom. The molecule has 1 aromatic heterocycles. The monoisotopic (exact) mass is 279 g/mol. The van der Waals surface area contributed by atoms with E-state index in [0.29, 0.717) is 24.1 Å². The van der Waals surface area contributed by atoms with Crippen LogP contribution in [0.2, 0.25) is 5.02 Å². The maximum absolute atomic E-state index is 14.0. The van der Waals surface area contributed by atoms with Gasteiger partial charge in [-0.25, -0.2) is 4.39 Å². The van der Waals surface area contributed by atoms with E-state index in [1.165, 1.54) is 31.2 Å². The summed E-state index contributed by atoms with van der Waals surface area (Å²) in [6, 6.07) is 4.13. The molecule has 2 aliphatic rings. The van der Waals surface area contributed by atoms with Crippen molar-refractivity contribution in [1.29, 1.82) is 0 Å². The van der Waals surface area contributed by atoms with Crippen LogP contribution < -0.4 is 5.32 Å². The molecular weight excluding hydrogens is 265 g/mol. The van der Waals surface area contributed by atoms with Crippen molar-refractivity contribution in [1.82, 2.24) is 5.32 Å². The Bertz CT molecular complexity index is 643. The first-order valence-electron chi connectivity index (χ1n) is 6.86. The van der Waals surface area contributed by atoms with Gasteiger partial charge in [-0.15, -0.1) is 0 Å². The van der Waals surface area contributed by atoms with E-state index < -0.39 is 5.82 Å². The van der Waals surface area contributed by atoms with Crippen LogP contribution in [0.5, 0.6) is 0 Å². The molecule has 1 aromatic carbocycles. The minimum Gasteiger partial charge on any atom is -0.456 e. The van der Waals surface area contributed by atoms with E-state index >= 15 is 0 Å². The Labute approximate surface area is 115 Å². The van der Waals surface area contributed by atoms with Crippen LogP contribution >= 0.6 is 11.6 Å². The van der Waals surface area contributed by atoms with Crippen LogP contribution in [0.4, 0.5) is 4.39 Å². The summed E-state index contributed by atoms with van der Waals surface area (Å²) in [5.74, 6) is 1.00. The normalized spacial score (nSPS) is 19.3. The average Bonchev–Trinajstić information content (AvgIpc) is 3.30. The maximum atomic E-state index is 14.0. The lowest BCUT2D eigenvalue weighted by Crippen LogP contribution is -2.15. The molecule has 0 bridgehead atoms. The van der Waals surface area contributed by atoms with Gasteiger partial charge in [-0.3, -0.25) is 0 Å². The van der Waals surface area contributed by atoms with Crippen molar-refractivity contribution < 1.29 is 8.81 Å². The highest BCUT2D eigenvalue weighted by atomic mass is 35.5. The summed E-state index contributed by atoms with van der Waals surface area (Å²) in [7, 11) is 0. The van der Waals surface area contributed by atoms with Gasteiger partial charge >= 0.3 is 0 Å². The second-order valence-electron chi connectivity index (χ2n) is 5.61. The molecule has 100 valence electrons. The molecule has 4 rings (SSSR count). The molecule has 2 saturated carbocycles. The first-order valence-corrected chi connectivity index (χ1v) is 7.24. The number of benzene rings is 1. The van der Waals surface area contributed by atoms with E-state index in [1.807, 2.05) is 6.07 Å². The third kappa shape index (κ3) is 2.05. The molecule has 0 amide bonds. The van der Waals surface area contributed by atoms with Gasteiger partial charge < -0.3 is 9.73 Å². The average molecular weight is 280 g/mol. The first kappa shape index (κ1) is 11.7. The van der Waals surface area contributed by atoms with Crippen molar-refractivity contribution in [3.05, 3.63) is 34.3 Å². The highest BCUT2D eigenvalue weighted by Crippen LogP contribution is 2.47. The van der Waals surface area contributed by atoms with E-state index in [9.17, 15) is 4.39 Å². The van der Waals surface area contributed by atoms with Gasteiger partial charge in [0, 0.05) is 17.0 Å². The van der Waals surface area contributed by atoms with Crippen molar-refractivity contribution in [2.75, 3.05) is 0 Å². The van der Waals surface area contributed by atoms with Crippen LogP contribution in [0.1, 0.15) is 42.9 Å². The molecule has 1 N–H and O–H groups in total. The van der Waals surface area contributed by atoms with Crippen molar-refractivity contribution >= 4 is 22.6 Å². The van der Waals surface area contributed by atoms with Crippen LogP contribution in [0.15, 0.2) is 16.5 Å². The highest BCUT2D eigenvalue weighted by Gasteiger charge is 2.32. The lowest BCUT2D eigenvalue weighted by molar-refractivity contribution is 0.489. The summed E-state index contributed by atoms with van der Waals surface area (Å²) in [5.41, 5.74) is 1.51. The molecule has 0 saturated heterocycles. The molecule has 0 spiro atoms. The third-order valence-corrected chi connectivity index (χ3v) is 4.27. The zero-order valence-electron chi connectivity index (χ0n) is 10.5. The molecule has 2 aliphatic carbocycles. The molecular formula is C15H15ClFNO.